The molecule has 0 aromatic heterocycles. The van der Waals surface area contributed by atoms with Crippen LogP contribution in [0.1, 0.15) is 27.2 Å². The molecule has 2 nitrogen and oxygen atoms in total. The molecule has 0 aliphatic carbocycles. The van der Waals surface area contributed by atoms with Crippen molar-refractivity contribution in [2.24, 2.45) is 11.1 Å². The maximum absolute atomic E-state index is 10.1. The maximum Gasteiger partial charge on any atom is 0.141 e. The first-order chi connectivity index (χ1) is 4.95. The van der Waals surface area contributed by atoms with Crippen molar-refractivity contribution < 1.29 is 4.21 Å². The lowest BCUT2D eigenvalue weighted by atomic mass is 9.94. The minimum absolute atomic E-state index is 0.334. The van der Waals surface area contributed by atoms with Crippen molar-refractivity contribution in [2.75, 3.05) is 5.75 Å². The molecular formula is C7H15NOS2. The minimum atomic E-state index is 0.334. The Morgan fingerprint density at radius 2 is 2.00 bits per heavy atom. The number of hydrogen-bond acceptors (Lipinski definition) is 2. The SMILES string of the molecule is CC(C)(C)CCSC(N)=S=O. The van der Waals surface area contributed by atoms with Crippen LogP contribution in [0.3, 0.4) is 0 Å². The Kier molecular flexibility index (Phi) is 5.04. The van der Waals surface area contributed by atoms with Crippen LogP contribution in [0.4, 0.5) is 0 Å². The molecule has 0 spiro atoms. The van der Waals surface area contributed by atoms with Gasteiger partial charge in [-0.05, 0) is 11.8 Å². The first kappa shape index (κ1) is 11.2. The average Bonchev–Trinajstić information content (AvgIpc) is 1.85. The van der Waals surface area contributed by atoms with E-state index in [0.717, 1.165) is 12.2 Å². The summed E-state index contributed by atoms with van der Waals surface area (Å²) in [5, 5.41) is 0. The fraction of sp³-hybridized carbons (Fsp3) is 0.857. The summed E-state index contributed by atoms with van der Waals surface area (Å²) in [5.41, 5.74) is 5.67. The Bertz CT molecular complexity index is 168. The van der Waals surface area contributed by atoms with Gasteiger partial charge < -0.3 is 0 Å². The Morgan fingerprint density at radius 3 is 2.36 bits per heavy atom. The molecule has 0 heterocycles. The maximum atomic E-state index is 10.1. The zero-order chi connectivity index (χ0) is 8.91. The van der Waals surface area contributed by atoms with Crippen molar-refractivity contribution >= 4 is 27.3 Å². The first-order valence-corrected chi connectivity index (χ1v) is 5.23. The number of thioether (sulfide) groups is 1. The van der Waals surface area contributed by atoms with Crippen LogP contribution in [-0.2, 0) is 11.3 Å². The van der Waals surface area contributed by atoms with Gasteiger partial charge in [0.1, 0.15) is 15.6 Å². The third kappa shape index (κ3) is 8.10. The lowest BCUT2D eigenvalue weighted by Gasteiger charge is -2.16. The predicted molar refractivity (Wildman–Crippen MR) is 53.9 cm³/mol. The van der Waals surface area contributed by atoms with Crippen molar-refractivity contribution in [3.05, 3.63) is 0 Å². The highest BCUT2D eigenvalue weighted by atomic mass is 32.2. The zero-order valence-electron chi connectivity index (χ0n) is 7.22. The highest BCUT2D eigenvalue weighted by Crippen LogP contribution is 2.20. The van der Waals surface area contributed by atoms with E-state index in [0.29, 0.717) is 21.0 Å². The van der Waals surface area contributed by atoms with Gasteiger partial charge in [0, 0.05) is 5.75 Å². The number of hydrogen-bond donors (Lipinski definition) is 1. The smallest absolute Gasteiger partial charge is 0.141 e. The van der Waals surface area contributed by atoms with E-state index < -0.39 is 0 Å². The van der Waals surface area contributed by atoms with Crippen LogP contribution < -0.4 is 5.73 Å². The third-order valence-electron chi connectivity index (χ3n) is 1.18. The molecule has 0 amide bonds. The van der Waals surface area contributed by atoms with Gasteiger partial charge in [-0.1, -0.05) is 20.8 Å². The van der Waals surface area contributed by atoms with E-state index in [1.807, 2.05) is 0 Å². The second-order valence-electron chi connectivity index (χ2n) is 3.56. The van der Waals surface area contributed by atoms with Gasteiger partial charge in [0.25, 0.3) is 0 Å². The van der Waals surface area contributed by atoms with Gasteiger partial charge in [0.05, 0.1) is 0 Å². The van der Waals surface area contributed by atoms with Crippen LogP contribution in [0.2, 0.25) is 0 Å². The summed E-state index contributed by atoms with van der Waals surface area (Å²) in [6, 6.07) is 0. The summed E-state index contributed by atoms with van der Waals surface area (Å²) < 4.78 is 10.5. The lowest BCUT2D eigenvalue weighted by Crippen LogP contribution is -2.10. The van der Waals surface area contributed by atoms with Gasteiger partial charge in [-0.25, -0.2) is 4.21 Å². The summed E-state index contributed by atoms with van der Waals surface area (Å²) in [4.78, 5) is 0. The van der Waals surface area contributed by atoms with Gasteiger partial charge in [0.2, 0.25) is 0 Å². The van der Waals surface area contributed by atoms with Crippen molar-refractivity contribution in [3.8, 4) is 0 Å². The molecule has 0 aromatic rings. The zero-order valence-corrected chi connectivity index (χ0v) is 8.85. The Morgan fingerprint density at radius 1 is 1.45 bits per heavy atom. The van der Waals surface area contributed by atoms with E-state index in [1.54, 1.807) is 0 Å². The molecule has 0 unspecified atom stereocenters. The molecule has 0 aromatic carbocycles. The van der Waals surface area contributed by atoms with Crippen LogP contribution in [0.15, 0.2) is 0 Å². The normalized spacial score (nSPS) is 11.3. The molecule has 0 fully saturated rings. The standard InChI is InChI=1S/C7H15NOS2/c1-7(2,3)4-5-10-6(8)11-9/h4-5,8H2,1-3H3. The minimum Gasteiger partial charge on any atom is -0.286 e. The van der Waals surface area contributed by atoms with Crippen LogP contribution >= 0.6 is 11.8 Å². The van der Waals surface area contributed by atoms with Gasteiger partial charge in [-0.3, -0.25) is 5.73 Å². The molecule has 0 aliphatic heterocycles. The molecule has 0 saturated carbocycles. The lowest BCUT2D eigenvalue weighted by molar-refractivity contribution is 0.402. The van der Waals surface area contributed by atoms with Crippen LogP contribution in [-0.4, -0.2) is 14.3 Å². The summed E-state index contributed by atoms with van der Waals surface area (Å²) in [6.07, 6.45) is 1.08. The Balaban J connectivity index is 3.51. The van der Waals surface area contributed by atoms with E-state index in [9.17, 15) is 4.21 Å². The van der Waals surface area contributed by atoms with E-state index in [-0.39, 0.29) is 0 Å². The third-order valence-corrected chi connectivity index (χ3v) is 2.59. The topological polar surface area (TPSA) is 43.1 Å². The van der Waals surface area contributed by atoms with Gasteiger partial charge in [0.15, 0.2) is 0 Å². The molecule has 66 valence electrons. The van der Waals surface area contributed by atoms with E-state index in [1.165, 1.54) is 11.8 Å². The molecule has 0 aliphatic rings. The quantitative estimate of drug-likeness (QED) is 0.674. The summed E-state index contributed by atoms with van der Waals surface area (Å²) in [5.74, 6) is 0.935. The monoisotopic (exact) mass is 193 g/mol. The molecule has 0 radical (unpaired) electrons. The van der Waals surface area contributed by atoms with Crippen LogP contribution in [0.25, 0.3) is 0 Å². The van der Waals surface area contributed by atoms with Crippen molar-refractivity contribution in [3.63, 3.8) is 0 Å². The molecule has 0 rings (SSSR count). The molecule has 0 saturated heterocycles. The largest absolute Gasteiger partial charge is 0.286 e. The molecule has 11 heavy (non-hydrogen) atoms. The van der Waals surface area contributed by atoms with Gasteiger partial charge >= 0.3 is 0 Å². The Hall–Kier alpha value is 0.200. The number of nitrogens with two attached hydrogens (primary N) is 1. The summed E-state index contributed by atoms with van der Waals surface area (Å²) in [7, 11) is 0. The van der Waals surface area contributed by atoms with E-state index >= 15 is 0 Å². The number of rotatable bonds is 2. The highest BCUT2D eigenvalue weighted by molar-refractivity contribution is 8.20. The molecule has 4 heteroatoms. The van der Waals surface area contributed by atoms with Gasteiger partial charge in [-0.2, -0.15) is 0 Å². The van der Waals surface area contributed by atoms with Crippen LogP contribution in [0.5, 0.6) is 0 Å². The van der Waals surface area contributed by atoms with E-state index in [4.69, 9.17) is 5.73 Å². The second-order valence-corrected chi connectivity index (χ2v) is 5.56. The molecule has 0 atom stereocenters. The molecule has 0 bridgehead atoms. The highest BCUT2D eigenvalue weighted by Gasteiger charge is 2.09. The van der Waals surface area contributed by atoms with Crippen LogP contribution in [0, 0.1) is 5.41 Å². The van der Waals surface area contributed by atoms with Crippen molar-refractivity contribution in [2.45, 2.75) is 27.2 Å². The molecular weight excluding hydrogens is 178 g/mol. The fourth-order valence-corrected chi connectivity index (χ4v) is 1.84. The Labute approximate surface area is 76.0 Å². The average molecular weight is 193 g/mol. The second kappa shape index (κ2) is 4.95. The first-order valence-electron chi connectivity index (χ1n) is 3.51. The van der Waals surface area contributed by atoms with Crippen molar-refractivity contribution in [1.82, 2.24) is 0 Å². The summed E-state index contributed by atoms with van der Waals surface area (Å²) >= 11 is 1.83. The van der Waals surface area contributed by atoms with E-state index in [2.05, 4.69) is 20.8 Å². The van der Waals surface area contributed by atoms with Gasteiger partial charge in [-0.15, -0.1) is 11.8 Å². The fourth-order valence-electron chi connectivity index (χ4n) is 0.482. The summed E-state index contributed by atoms with van der Waals surface area (Å²) in [6.45, 7) is 6.52. The van der Waals surface area contributed by atoms with Crippen molar-refractivity contribution in [1.29, 1.82) is 0 Å². The predicted octanol–water partition coefficient (Wildman–Crippen LogP) is 1.41. The molecule has 2 N–H and O–H groups in total.